The van der Waals surface area contributed by atoms with E-state index in [4.69, 9.17) is 0 Å². The second kappa shape index (κ2) is 7.36. The predicted molar refractivity (Wildman–Crippen MR) is 95.2 cm³/mol. The molecule has 0 spiro atoms. The SMILES string of the molecule is CSN(Cc1ccccc1)C(=O)Nc1c(C)cc(C)cc1C. The van der Waals surface area contributed by atoms with E-state index in [9.17, 15) is 4.79 Å². The lowest BCUT2D eigenvalue weighted by molar-refractivity contribution is 0.237. The van der Waals surface area contributed by atoms with Gasteiger partial charge >= 0.3 is 6.03 Å². The molecule has 0 heterocycles. The van der Waals surface area contributed by atoms with Crippen molar-refractivity contribution >= 4 is 23.7 Å². The lowest BCUT2D eigenvalue weighted by atomic mass is 10.1. The van der Waals surface area contributed by atoms with Gasteiger partial charge in [0.2, 0.25) is 0 Å². The van der Waals surface area contributed by atoms with Gasteiger partial charge in [-0.3, -0.25) is 4.31 Å². The average Bonchev–Trinajstić information content (AvgIpc) is 2.49. The van der Waals surface area contributed by atoms with Crippen molar-refractivity contribution in [1.29, 1.82) is 0 Å². The highest BCUT2D eigenvalue weighted by Crippen LogP contribution is 2.23. The summed E-state index contributed by atoms with van der Waals surface area (Å²) < 4.78 is 1.73. The number of nitrogens with one attached hydrogen (secondary N) is 1. The molecule has 0 aliphatic heterocycles. The second-order valence-corrected chi connectivity index (χ2v) is 6.21. The third-order valence-electron chi connectivity index (χ3n) is 3.52. The van der Waals surface area contributed by atoms with Crippen LogP contribution in [0.1, 0.15) is 22.3 Å². The Morgan fingerprint density at radius 2 is 1.68 bits per heavy atom. The minimum absolute atomic E-state index is 0.0913. The molecule has 2 amide bonds. The van der Waals surface area contributed by atoms with Crippen LogP contribution in [-0.4, -0.2) is 16.6 Å². The summed E-state index contributed by atoms with van der Waals surface area (Å²) in [6.45, 7) is 6.69. The summed E-state index contributed by atoms with van der Waals surface area (Å²) in [5.41, 5.74) is 5.41. The molecule has 2 aromatic carbocycles. The van der Waals surface area contributed by atoms with E-state index in [0.717, 1.165) is 22.4 Å². The van der Waals surface area contributed by atoms with Crippen molar-refractivity contribution in [3.63, 3.8) is 0 Å². The average molecular weight is 314 g/mol. The fraction of sp³-hybridized carbons (Fsp3) is 0.278. The molecule has 0 aromatic heterocycles. The number of nitrogens with zero attached hydrogens (tertiary/aromatic N) is 1. The molecule has 0 aliphatic rings. The highest BCUT2D eigenvalue weighted by molar-refractivity contribution is 7.96. The molecule has 2 rings (SSSR count). The zero-order valence-corrected chi connectivity index (χ0v) is 14.3. The zero-order valence-electron chi connectivity index (χ0n) is 13.5. The summed E-state index contributed by atoms with van der Waals surface area (Å²) in [7, 11) is 0. The third kappa shape index (κ3) is 4.04. The van der Waals surface area contributed by atoms with Gasteiger partial charge in [0.25, 0.3) is 0 Å². The van der Waals surface area contributed by atoms with Crippen LogP contribution >= 0.6 is 11.9 Å². The molecule has 0 saturated carbocycles. The van der Waals surface area contributed by atoms with Gasteiger partial charge in [-0.1, -0.05) is 48.0 Å². The Bertz CT molecular complexity index is 632. The van der Waals surface area contributed by atoms with Crippen molar-refractivity contribution in [1.82, 2.24) is 4.31 Å². The van der Waals surface area contributed by atoms with Crippen molar-refractivity contribution in [2.45, 2.75) is 27.3 Å². The Kier molecular flexibility index (Phi) is 5.50. The molecule has 0 unspecified atom stereocenters. The molecule has 0 fully saturated rings. The Balaban J connectivity index is 2.13. The van der Waals surface area contributed by atoms with Crippen molar-refractivity contribution in [2.24, 2.45) is 0 Å². The summed E-state index contributed by atoms with van der Waals surface area (Å²) in [5.74, 6) is 0. The third-order valence-corrected chi connectivity index (χ3v) is 4.26. The normalized spacial score (nSPS) is 10.4. The second-order valence-electron chi connectivity index (χ2n) is 5.41. The number of hydrogen-bond donors (Lipinski definition) is 1. The highest BCUT2D eigenvalue weighted by atomic mass is 32.2. The molecule has 0 saturated heterocycles. The van der Waals surface area contributed by atoms with Crippen molar-refractivity contribution in [3.8, 4) is 0 Å². The molecular weight excluding hydrogens is 292 g/mol. The van der Waals surface area contributed by atoms with Crippen LogP contribution in [0, 0.1) is 20.8 Å². The van der Waals surface area contributed by atoms with Gasteiger partial charge in [0.15, 0.2) is 0 Å². The van der Waals surface area contributed by atoms with Gasteiger partial charge < -0.3 is 5.32 Å². The molecule has 3 nitrogen and oxygen atoms in total. The van der Waals surface area contributed by atoms with Gasteiger partial charge in [-0.05, 0) is 49.4 Å². The summed E-state index contributed by atoms with van der Waals surface area (Å²) >= 11 is 1.43. The summed E-state index contributed by atoms with van der Waals surface area (Å²) in [6.07, 6.45) is 1.91. The van der Waals surface area contributed by atoms with Crippen LogP contribution in [0.2, 0.25) is 0 Å². The maximum Gasteiger partial charge on any atom is 0.332 e. The van der Waals surface area contributed by atoms with Crippen LogP contribution in [0.3, 0.4) is 0 Å². The summed E-state index contributed by atoms with van der Waals surface area (Å²) in [5, 5.41) is 3.04. The number of aryl methyl sites for hydroxylation is 3. The van der Waals surface area contributed by atoms with Crippen molar-refractivity contribution < 1.29 is 4.79 Å². The van der Waals surface area contributed by atoms with E-state index < -0.39 is 0 Å². The number of anilines is 1. The molecule has 4 heteroatoms. The van der Waals surface area contributed by atoms with Gasteiger partial charge in [0.1, 0.15) is 0 Å². The highest BCUT2D eigenvalue weighted by Gasteiger charge is 2.15. The number of carbonyl (C=O) groups excluding carboxylic acids is 1. The molecule has 0 atom stereocenters. The molecule has 0 bridgehead atoms. The number of urea groups is 1. The van der Waals surface area contributed by atoms with Crippen molar-refractivity contribution in [2.75, 3.05) is 11.6 Å². The van der Waals surface area contributed by atoms with Crippen molar-refractivity contribution in [3.05, 3.63) is 64.7 Å². The maximum atomic E-state index is 12.5. The van der Waals surface area contributed by atoms with E-state index >= 15 is 0 Å². The fourth-order valence-corrected chi connectivity index (χ4v) is 3.00. The first kappa shape index (κ1) is 16.4. The van der Waals surface area contributed by atoms with Gasteiger partial charge in [-0.25, -0.2) is 4.79 Å². The molecule has 0 radical (unpaired) electrons. The van der Waals surface area contributed by atoms with Crippen LogP contribution < -0.4 is 5.32 Å². The van der Waals surface area contributed by atoms with Crippen LogP contribution in [0.5, 0.6) is 0 Å². The van der Waals surface area contributed by atoms with E-state index in [1.165, 1.54) is 17.5 Å². The van der Waals surface area contributed by atoms with Crippen LogP contribution in [-0.2, 0) is 6.54 Å². The minimum Gasteiger partial charge on any atom is -0.307 e. The Morgan fingerprint density at radius 3 is 2.23 bits per heavy atom. The Hall–Kier alpha value is -1.94. The predicted octanol–water partition coefficient (Wildman–Crippen LogP) is 4.92. The number of amides is 2. The standard InChI is InChI=1S/C18H22N2OS/c1-13-10-14(2)17(15(3)11-13)19-18(21)20(22-4)12-16-8-6-5-7-9-16/h5-11H,12H2,1-4H3,(H,19,21). The van der Waals surface area contributed by atoms with E-state index in [1.54, 1.807) is 4.31 Å². The van der Waals surface area contributed by atoms with E-state index in [0.29, 0.717) is 6.54 Å². The van der Waals surface area contributed by atoms with Crippen LogP contribution in [0.25, 0.3) is 0 Å². The molecular formula is C18H22N2OS. The zero-order chi connectivity index (χ0) is 16.1. The minimum atomic E-state index is -0.0913. The first-order valence-corrected chi connectivity index (χ1v) is 8.44. The lowest BCUT2D eigenvalue weighted by Gasteiger charge is -2.22. The Labute approximate surface area is 136 Å². The van der Waals surface area contributed by atoms with Crippen LogP contribution in [0.4, 0.5) is 10.5 Å². The summed E-state index contributed by atoms with van der Waals surface area (Å²) in [4.78, 5) is 12.5. The molecule has 2 aromatic rings. The van der Waals surface area contributed by atoms with Gasteiger partial charge in [0.05, 0.1) is 6.54 Å². The number of rotatable bonds is 4. The Morgan fingerprint density at radius 1 is 1.09 bits per heavy atom. The number of carbonyl (C=O) groups is 1. The molecule has 116 valence electrons. The topological polar surface area (TPSA) is 32.3 Å². The van der Waals surface area contributed by atoms with E-state index in [2.05, 4.69) is 24.4 Å². The monoisotopic (exact) mass is 314 g/mol. The smallest absolute Gasteiger partial charge is 0.307 e. The molecule has 1 N–H and O–H groups in total. The number of benzene rings is 2. The fourth-order valence-electron chi connectivity index (χ4n) is 2.51. The molecule has 0 aliphatic carbocycles. The largest absolute Gasteiger partial charge is 0.332 e. The summed E-state index contributed by atoms with van der Waals surface area (Å²) in [6, 6.07) is 14.1. The van der Waals surface area contributed by atoms with E-state index in [1.807, 2.05) is 50.4 Å². The lowest BCUT2D eigenvalue weighted by Crippen LogP contribution is -2.29. The first-order valence-electron chi connectivity index (χ1n) is 7.25. The van der Waals surface area contributed by atoms with E-state index in [-0.39, 0.29) is 6.03 Å². The molecule has 22 heavy (non-hydrogen) atoms. The quantitative estimate of drug-likeness (QED) is 0.812. The van der Waals surface area contributed by atoms with Gasteiger partial charge in [-0.15, -0.1) is 0 Å². The maximum absolute atomic E-state index is 12.5. The van der Waals surface area contributed by atoms with Gasteiger partial charge in [0, 0.05) is 11.9 Å². The van der Waals surface area contributed by atoms with Crippen LogP contribution in [0.15, 0.2) is 42.5 Å². The first-order chi connectivity index (χ1) is 10.5. The van der Waals surface area contributed by atoms with Gasteiger partial charge in [-0.2, -0.15) is 0 Å². The number of hydrogen-bond acceptors (Lipinski definition) is 2.